The van der Waals surface area contributed by atoms with Gasteiger partial charge in [0, 0.05) is 7.11 Å². The first-order valence-electron chi connectivity index (χ1n) is 8.75. The summed E-state index contributed by atoms with van der Waals surface area (Å²) in [5, 5.41) is 0.682. The molecule has 1 fully saturated rings. The van der Waals surface area contributed by atoms with E-state index >= 15 is 0 Å². The standard InChI is InChI=1S/C22H22N2O2S/c1-17(15-18-9-5-3-6-10-18)16-20-21(25)24(13-14-26-2)22(27-20)23-19-11-7-4-8-12-19/h3-12,15-16H,13-14H2,1-2H3/b17-15-,20-16-,23-22?. The first-order valence-corrected chi connectivity index (χ1v) is 9.56. The number of aliphatic imine (C=N–C) groups is 1. The molecule has 1 heterocycles. The highest BCUT2D eigenvalue weighted by Crippen LogP contribution is 2.33. The van der Waals surface area contributed by atoms with Crippen molar-refractivity contribution < 1.29 is 9.53 Å². The van der Waals surface area contributed by atoms with Gasteiger partial charge in [-0.2, -0.15) is 0 Å². The molecular formula is C22H22N2O2S. The van der Waals surface area contributed by atoms with Gasteiger partial charge in [0.2, 0.25) is 0 Å². The maximum atomic E-state index is 12.9. The Kier molecular flexibility index (Phi) is 6.63. The Bertz CT molecular complexity index is 874. The SMILES string of the molecule is COCCN1C(=O)/C(=C/C(C)=C\c2ccccc2)SC1=Nc1ccccc1. The molecule has 0 aromatic heterocycles. The smallest absolute Gasteiger partial charge is 0.266 e. The van der Waals surface area contributed by atoms with Gasteiger partial charge >= 0.3 is 0 Å². The maximum absolute atomic E-state index is 12.9. The van der Waals surface area contributed by atoms with Crippen LogP contribution < -0.4 is 0 Å². The van der Waals surface area contributed by atoms with Crippen molar-refractivity contribution in [2.45, 2.75) is 6.92 Å². The van der Waals surface area contributed by atoms with E-state index in [4.69, 9.17) is 4.74 Å². The minimum absolute atomic E-state index is 0.0347. The lowest BCUT2D eigenvalue weighted by molar-refractivity contribution is -0.122. The molecule has 27 heavy (non-hydrogen) atoms. The molecule has 1 aliphatic rings. The maximum Gasteiger partial charge on any atom is 0.266 e. The second-order valence-corrected chi connectivity index (χ2v) is 7.10. The quantitative estimate of drug-likeness (QED) is 0.673. The summed E-state index contributed by atoms with van der Waals surface area (Å²) in [4.78, 5) is 19.9. The van der Waals surface area contributed by atoms with Crippen molar-refractivity contribution in [1.82, 2.24) is 4.90 Å². The molecule has 0 saturated carbocycles. The molecule has 0 radical (unpaired) electrons. The van der Waals surface area contributed by atoms with Gasteiger partial charge in [-0.15, -0.1) is 0 Å². The zero-order valence-electron chi connectivity index (χ0n) is 15.5. The van der Waals surface area contributed by atoms with Crippen LogP contribution in [0.25, 0.3) is 6.08 Å². The fourth-order valence-corrected chi connectivity index (χ4v) is 3.72. The topological polar surface area (TPSA) is 41.9 Å². The molecule has 0 N–H and O–H groups in total. The number of amides is 1. The largest absolute Gasteiger partial charge is 0.383 e. The Balaban J connectivity index is 1.87. The summed E-state index contributed by atoms with van der Waals surface area (Å²) in [5.41, 5.74) is 2.95. The van der Waals surface area contributed by atoms with Gasteiger partial charge in [-0.05, 0) is 48.0 Å². The summed E-state index contributed by atoms with van der Waals surface area (Å²) >= 11 is 1.40. The van der Waals surface area contributed by atoms with Crippen LogP contribution in [-0.4, -0.2) is 36.2 Å². The fourth-order valence-electron chi connectivity index (χ4n) is 2.64. The number of rotatable bonds is 6. The molecule has 0 spiro atoms. The van der Waals surface area contributed by atoms with Crippen molar-refractivity contribution in [3.05, 3.63) is 82.8 Å². The number of hydrogen-bond acceptors (Lipinski definition) is 4. The number of amidine groups is 1. The van der Waals surface area contributed by atoms with E-state index in [0.717, 1.165) is 16.8 Å². The Morgan fingerprint density at radius 1 is 1.11 bits per heavy atom. The van der Waals surface area contributed by atoms with Crippen LogP contribution in [0.1, 0.15) is 12.5 Å². The number of benzene rings is 2. The number of allylic oxidation sites excluding steroid dienone is 2. The van der Waals surface area contributed by atoms with Gasteiger partial charge < -0.3 is 4.74 Å². The van der Waals surface area contributed by atoms with E-state index in [1.807, 2.05) is 73.7 Å². The summed E-state index contributed by atoms with van der Waals surface area (Å²) in [6, 6.07) is 19.7. The number of carbonyl (C=O) groups excluding carboxylic acids is 1. The number of para-hydroxylation sites is 1. The molecule has 2 aromatic carbocycles. The molecule has 0 unspecified atom stereocenters. The second kappa shape index (κ2) is 9.35. The summed E-state index contributed by atoms with van der Waals surface area (Å²) in [6.07, 6.45) is 3.99. The number of ether oxygens (including phenoxy) is 1. The van der Waals surface area contributed by atoms with Gasteiger partial charge in [-0.1, -0.05) is 54.6 Å². The van der Waals surface area contributed by atoms with Crippen LogP contribution in [0, 0.1) is 0 Å². The van der Waals surface area contributed by atoms with Gasteiger partial charge in [0.15, 0.2) is 5.17 Å². The molecular weight excluding hydrogens is 356 g/mol. The van der Waals surface area contributed by atoms with Gasteiger partial charge in [0.05, 0.1) is 23.7 Å². The predicted octanol–water partition coefficient (Wildman–Crippen LogP) is 4.88. The average molecular weight is 378 g/mol. The van der Waals surface area contributed by atoms with Crippen molar-refractivity contribution in [3.63, 3.8) is 0 Å². The van der Waals surface area contributed by atoms with Crippen molar-refractivity contribution in [3.8, 4) is 0 Å². The summed E-state index contributed by atoms with van der Waals surface area (Å²) in [7, 11) is 1.63. The van der Waals surface area contributed by atoms with Crippen molar-refractivity contribution in [2.24, 2.45) is 4.99 Å². The summed E-state index contributed by atoms with van der Waals surface area (Å²) in [5.74, 6) is -0.0347. The van der Waals surface area contributed by atoms with E-state index < -0.39 is 0 Å². The molecule has 3 rings (SSSR count). The van der Waals surface area contributed by atoms with E-state index in [1.54, 1.807) is 12.0 Å². The van der Waals surface area contributed by atoms with Crippen molar-refractivity contribution >= 4 is 34.6 Å². The Morgan fingerprint density at radius 2 is 1.78 bits per heavy atom. The highest BCUT2D eigenvalue weighted by Gasteiger charge is 2.33. The highest BCUT2D eigenvalue weighted by atomic mass is 32.2. The third kappa shape index (κ3) is 5.18. The monoisotopic (exact) mass is 378 g/mol. The van der Waals surface area contributed by atoms with Gasteiger partial charge in [0.1, 0.15) is 0 Å². The normalized spacial score (nSPS) is 17.9. The van der Waals surface area contributed by atoms with Crippen LogP contribution in [0.4, 0.5) is 5.69 Å². The number of nitrogens with zero attached hydrogens (tertiary/aromatic N) is 2. The van der Waals surface area contributed by atoms with Gasteiger partial charge in [-0.3, -0.25) is 9.69 Å². The molecule has 0 bridgehead atoms. The molecule has 2 aromatic rings. The van der Waals surface area contributed by atoms with E-state index in [2.05, 4.69) is 11.1 Å². The van der Waals surface area contributed by atoms with Crippen molar-refractivity contribution in [2.75, 3.05) is 20.3 Å². The molecule has 5 heteroatoms. The lowest BCUT2D eigenvalue weighted by Gasteiger charge is -2.14. The Hall–Kier alpha value is -2.63. The zero-order chi connectivity index (χ0) is 19.1. The molecule has 0 atom stereocenters. The number of carbonyl (C=O) groups is 1. The molecule has 1 aliphatic heterocycles. The Labute approximate surface area is 164 Å². The van der Waals surface area contributed by atoms with E-state index in [-0.39, 0.29) is 5.91 Å². The first kappa shape index (κ1) is 19.1. The summed E-state index contributed by atoms with van der Waals surface area (Å²) in [6.45, 7) is 2.94. The number of methoxy groups -OCH3 is 1. The molecule has 4 nitrogen and oxygen atoms in total. The minimum atomic E-state index is -0.0347. The lowest BCUT2D eigenvalue weighted by Crippen LogP contribution is -2.32. The highest BCUT2D eigenvalue weighted by molar-refractivity contribution is 8.18. The summed E-state index contributed by atoms with van der Waals surface area (Å²) < 4.78 is 5.16. The number of thioether (sulfide) groups is 1. The molecule has 1 amide bonds. The van der Waals surface area contributed by atoms with Crippen LogP contribution in [0.5, 0.6) is 0 Å². The van der Waals surface area contributed by atoms with Gasteiger partial charge in [0.25, 0.3) is 5.91 Å². The fraction of sp³-hybridized carbons (Fsp3) is 0.182. The lowest BCUT2D eigenvalue weighted by atomic mass is 10.1. The van der Waals surface area contributed by atoms with E-state index in [0.29, 0.717) is 23.2 Å². The molecule has 0 aliphatic carbocycles. The Morgan fingerprint density at radius 3 is 2.44 bits per heavy atom. The average Bonchev–Trinajstić information content (AvgIpc) is 2.96. The van der Waals surface area contributed by atoms with E-state index in [1.165, 1.54) is 11.8 Å². The van der Waals surface area contributed by atoms with Crippen LogP contribution in [-0.2, 0) is 9.53 Å². The third-order valence-corrected chi connectivity index (χ3v) is 4.95. The molecule has 1 saturated heterocycles. The minimum Gasteiger partial charge on any atom is -0.383 e. The number of hydrogen-bond donors (Lipinski definition) is 0. The molecule has 138 valence electrons. The predicted molar refractivity (Wildman–Crippen MR) is 113 cm³/mol. The third-order valence-electron chi connectivity index (χ3n) is 3.94. The van der Waals surface area contributed by atoms with Crippen LogP contribution in [0.3, 0.4) is 0 Å². The van der Waals surface area contributed by atoms with Crippen LogP contribution in [0.15, 0.2) is 82.2 Å². The zero-order valence-corrected chi connectivity index (χ0v) is 16.3. The van der Waals surface area contributed by atoms with E-state index in [9.17, 15) is 4.79 Å². The van der Waals surface area contributed by atoms with Crippen LogP contribution >= 0.6 is 11.8 Å². The van der Waals surface area contributed by atoms with Gasteiger partial charge in [-0.25, -0.2) is 4.99 Å². The van der Waals surface area contributed by atoms with Crippen LogP contribution in [0.2, 0.25) is 0 Å². The second-order valence-electron chi connectivity index (χ2n) is 6.09. The van der Waals surface area contributed by atoms with Crippen molar-refractivity contribution in [1.29, 1.82) is 0 Å². The first-order chi connectivity index (χ1) is 13.2.